The van der Waals surface area contributed by atoms with Gasteiger partial charge in [0, 0.05) is 24.8 Å². The molecule has 0 amide bonds. The van der Waals surface area contributed by atoms with Crippen LogP contribution in [0.5, 0.6) is 0 Å². The smallest absolute Gasteiger partial charge is 0.311 e. The molecule has 0 aliphatic carbocycles. The summed E-state index contributed by atoms with van der Waals surface area (Å²) in [6.45, 7) is 9.67. The van der Waals surface area contributed by atoms with E-state index in [9.17, 15) is 10.1 Å². The largest absolute Gasteiger partial charge is 0.351 e. The predicted octanol–water partition coefficient (Wildman–Crippen LogP) is 2.11. The number of aryl methyl sites for hydroxylation is 1. The van der Waals surface area contributed by atoms with Gasteiger partial charge < -0.3 is 10.6 Å². The molecule has 1 heterocycles. The summed E-state index contributed by atoms with van der Waals surface area (Å²) in [6.07, 6.45) is 0. The second kappa shape index (κ2) is 5.97. The van der Waals surface area contributed by atoms with Gasteiger partial charge in [-0.25, -0.2) is 4.98 Å². The second-order valence-corrected chi connectivity index (χ2v) is 5.43. The van der Waals surface area contributed by atoms with Crippen LogP contribution in [0.15, 0.2) is 12.1 Å². The molecule has 0 aliphatic rings. The maximum absolute atomic E-state index is 11.1. The summed E-state index contributed by atoms with van der Waals surface area (Å²) in [5.74, 6) is 0.425. The fourth-order valence-electron chi connectivity index (χ4n) is 1.83. The van der Waals surface area contributed by atoms with E-state index in [0.717, 1.165) is 5.69 Å². The van der Waals surface area contributed by atoms with Crippen molar-refractivity contribution in [3.05, 3.63) is 27.9 Å². The van der Waals surface area contributed by atoms with Crippen molar-refractivity contribution in [2.45, 2.75) is 27.7 Å². The molecular formula is C13H22N4O2. The topological polar surface area (TPSA) is 85.3 Å². The van der Waals surface area contributed by atoms with E-state index >= 15 is 0 Å². The minimum Gasteiger partial charge on any atom is -0.351 e. The highest BCUT2D eigenvalue weighted by Gasteiger charge is 2.25. The summed E-state index contributed by atoms with van der Waals surface area (Å²) in [4.78, 5) is 17.0. The fraction of sp³-hybridized carbons (Fsp3) is 0.615. The monoisotopic (exact) mass is 266 g/mol. The van der Waals surface area contributed by atoms with E-state index in [2.05, 4.69) is 4.98 Å². The van der Waals surface area contributed by atoms with E-state index < -0.39 is 0 Å². The molecule has 1 aromatic heterocycles. The summed E-state index contributed by atoms with van der Waals surface area (Å²) >= 11 is 0. The van der Waals surface area contributed by atoms with Crippen LogP contribution in [0.25, 0.3) is 0 Å². The lowest BCUT2D eigenvalue weighted by molar-refractivity contribution is -0.384. The first-order chi connectivity index (χ1) is 8.80. The molecule has 0 aromatic carbocycles. The van der Waals surface area contributed by atoms with Gasteiger partial charge >= 0.3 is 5.69 Å². The van der Waals surface area contributed by atoms with Gasteiger partial charge in [-0.3, -0.25) is 10.1 Å². The van der Waals surface area contributed by atoms with Crippen molar-refractivity contribution in [3.63, 3.8) is 0 Å². The lowest BCUT2D eigenvalue weighted by Crippen LogP contribution is -2.39. The van der Waals surface area contributed by atoms with Gasteiger partial charge in [0.25, 0.3) is 0 Å². The third kappa shape index (κ3) is 3.89. The third-order valence-electron chi connectivity index (χ3n) is 3.04. The molecule has 0 aliphatic heterocycles. The molecule has 0 saturated carbocycles. The molecule has 6 nitrogen and oxygen atoms in total. The third-order valence-corrected chi connectivity index (χ3v) is 3.04. The molecule has 0 unspecified atom stereocenters. The maximum atomic E-state index is 11.1. The van der Waals surface area contributed by atoms with Gasteiger partial charge in [0.15, 0.2) is 0 Å². The van der Waals surface area contributed by atoms with E-state index in [1.54, 1.807) is 6.07 Å². The summed E-state index contributed by atoms with van der Waals surface area (Å²) in [6, 6.07) is 3.17. The zero-order valence-corrected chi connectivity index (χ0v) is 12.0. The standard InChI is InChI=1S/C13H22N4O2/c1-5-16(9-13(3,4)8-14)12-11(17(18)19)7-6-10(2)15-12/h6-7H,5,8-9,14H2,1-4H3. The first kappa shape index (κ1) is 15.4. The summed E-state index contributed by atoms with van der Waals surface area (Å²) in [7, 11) is 0. The molecule has 0 bridgehead atoms. The Labute approximate surface area is 113 Å². The minimum atomic E-state index is -0.389. The molecule has 0 atom stereocenters. The quantitative estimate of drug-likeness (QED) is 0.629. The molecule has 106 valence electrons. The van der Waals surface area contributed by atoms with Crippen LogP contribution in [-0.4, -0.2) is 29.5 Å². The Hall–Kier alpha value is -1.69. The highest BCUT2D eigenvalue weighted by Crippen LogP contribution is 2.28. The van der Waals surface area contributed by atoms with Gasteiger partial charge in [0.2, 0.25) is 5.82 Å². The van der Waals surface area contributed by atoms with Crippen molar-refractivity contribution < 1.29 is 4.92 Å². The Morgan fingerprint density at radius 3 is 2.58 bits per heavy atom. The van der Waals surface area contributed by atoms with Gasteiger partial charge in [0.1, 0.15) is 0 Å². The van der Waals surface area contributed by atoms with Crippen LogP contribution in [0.3, 0.4) is 0 Å². The van der Waals surface area contributed by atoms with Gasteiger partial charge in [-0.05, 0) is 31.9 Å². The predicted molar refractivity (Wildman–Crippen MR) is 76.4 cm³/mol. The highest BCUT2D eigenvalue weighted by molar-refractivity contribution is 5.58. The molecule has 0 radical (unpaired) electrons. The maximum Gasteiger partial charge on any atom is 0.311 e. The van der Waals surface area contributed by atoms with Crippen molar-refractivity contribution in [3.8, 4) is 0 Å². The zero-order valence-electron chi connectivity index (χ0n) is 12.0. The second-order valence-electron chi connectivity index (χ2n) is 5.43. The van der Waals surface area contributed by atoms with Crippen LogP contribution >= 0.6 is 0 Å². The number of nitrogens with zero attached hydrogens (tertiary/aromatic N) is 3. The van der Waals surface area contributed by atoms with Gasteiger partial charge in [0.05, 0.1) is 4.92 Å². The molecule has 0 fully saturated rings. The number of aromatic nitrogens is 1. The van der Waals surface area contributed by atoms with Crippen molar-refractivity contribution in [2.75, 3.05) is 24.5 Å². The molecule has 2 N–H and O–H groups in total. The Morgan fingerprint density at radius 1 is 1.47 bits per heavy atom. The van der Waals surface area contributed by atoms with Crippen molar-refractivity contribution in [2.24, 2.45) is 11.1 Å². The van der Waals surface area contributed by atoms with Crippen LogP contribution < -0.4 is 10.6 Å². The number of hydrogen-bond donors (Lipinski definition) is 1. The average molecular weight is 266 g/mol. The summed E-state index contributed by atoms with van der Waals surface area (Å²) in [5, 5.41) is 11.1. The Balaban J connectivity index is 3.17. The average Bonchev–Trinajstić information content (AvgIpc) is 2.35. The number of pyridine rings is 1. The Bertz CT molecular complexity index is 460. The Kier molecular flexibility index (Phi) is 4.83. The van der Waals surface area contributed by atoms with Crippen LogP contribution in [0.1, 0.15) is 26.5 Å². The van der Waals surface area contributed by atoms with Gasteiger partial charge in [-0.2, -0.15) is 0 Å². The van der Waals surface area contributed by atoms with E-state index in [1.165, 1.54) is 6.07 Å². The van der Waals surface area contributed by atoms with Crippen LogP contribution in [0.2, 0.25) is 0 Å². The van der Waals surface area contributed by atoms with Crippen LogP contribution in [0.4, 0.5) is 11.5 Å². The number of rotatable bonds is 6. The van der Waals surface area contributed by atoms with Gasteiger partial charge in [-0.1, -0.05) is 13.8 Å². The van der Waals surface area contributed by atoms with Crippen LogP contribution in [-0.2, 0) is 0 Å². The van der Waals surface area contributed by atoms with Crippen molar-refractivity contribution in [1.29, 1.82) is 0 Å². The van der Waals surface area contributed by atoms with E-state index in [4.69, 9.17) is 5.73 Å². The van der Waals surface area contributed by atoms with Gasteiger partial charge in [-0.15, -0.1) is 0 Å². The highest BCUT2D eigenvalue weighted by atomic mass is 16.6. The van der Waals surface area contributed by atoms with Crippen molar-refractivity contribution >= 4 is 11.5 Å². The fourth-order valence-corrected chi connectivity index (χ4v) is 1.83. The number of nitro groups is 1. The molecular weight excluding hydrogens is 244 g/mol. The SMILES string of the molecule is CCN(CC(C)(C)CN)c1nc(C)ccc1[N+](=O)[O-]. The molecule has 0 spiro atoms. The van der Waals surface area contributed by atoms with E-state index in [-0.39, 0.29) is 16.0 Å². The molecule has 19 heavy (non-hydrogen) atoms. The molecule has 0 saturated heterocycles. The lowest BCUT2D eigenvalue weighted by Gasteiger charge is -2.31. The summed E-state index contributed by atoms with van der Waals surface area (Å²) in [5.41, 5.74) is 6.43. The number of hydrogen-bond acceptors (Lipinski definition) is 5. The first-order valence-corrected chi connectivity index (χ1v) is 6.38. The summed E-state index contributed by atoms with van der Waals surface area (Å²) < 4.78 is 0. The first-order valence-electron chi connectivity index (χ1n) is 6.38. The van der Waals surface area contributed by atoms with E-state index in [0.29, 0.717) is 25.5 Å². The number of anilines is 1. The zero-order chi connectivity index (χ0) is 14.6. The molecule has 1 rings (SSSR count). The van der Waals surface area contributed by atoms with Crippen LogP contribution in [0, 0.1) is 22.5 Å². The van der Waals surface area contributed by atoms with E-state index in [1.807, 2.05) is 32.6 Å². The minimum absolute atomic E-state index is 0.0419. The number of nitrogens with two attached hydrogens (primary N) is 1. The Morgan fingerprint density at radius 2 is 2.11 bits per heavy atom. The molecule has 6 heteroatoms. The normalized spacial score (nSPS) is 11.4. The molecule has 1 aromatic rings. The van der Waals surface area contributed by atoms with Crippen molar-refractivity contribution in [1.82, 2.24) is 4.98 Å². The lowest BCUT2D eigenvalue weighted by atomic mass is 9.93.